The van der Waals surface area contributed by atoms with Crippen molar-refractivity contribution in [3.63, 3.8) is 0 Å². The summed E-state index contributed by atoms with van der Waals surface area (Å²) in [5.41, 5.74) is 4.28. The molecule has 0 aliphatic heterocycles. The highest BCUT2D eigenvalue weighted by atomic mass is 16.5. The highest BCUT2D eigenvalue weighted by molar-refractivity contribution is 5.40. The van der Waals surface area contributed by atoms with Gasteiger partial charge >= 0.3 is 0 Å². The summed E-state index contributed by atoms with van der Waals surface area (Å²) >= 11 is 0. The molecule has 3 aliphatic carbocycles. The molecule has 3 fully saturated rings. The molecule has 0 spiro atoms. The van der Waals surface area contributed by atoms with Crippen LogP contribution in [0.15, 0.2) is 35.5 Å². The molecule has 0 radical (unpaired) electrons. The average Bonchev–Trinajstić information content (AvgIpc) is 3.06. The molecular formula is C31H52O2. The minimum Gasteiger partial charge on any atom is -0.390 e. The zero-order valence-corrected chi connectivity index (χ0v) is 23.0. The lowest BCUT2D eigenvalue weighted by atomic mass is 9.60. The summed E-state index contributed by atoms with van der Waals surface area (Å²) in [5, 5.41) is 10.1. The third-order valence-corrected chi connectivity index (χ3v) is 10.1. The van der Waals surface area contributed by atoms with Gasteiger partial charge in [0, 0.05) is 7.11 Å². The van der Waals surface area contributed by atoms with E-state index < -0.39 is 5.60 Å². The Morgan fingerprint density at radius 3 is 2.55 bits per heavy atom. The van der Waals surface area contributed by atoms with Crippen LogP contribution < -0.4 is 0 Å². The second kappa shape index (κ2) is 10.0. The standard InChI is InChI=1S/C31H52O2/c1-21(12-10-18-29(4,5)32)26-16-17-27-24(13-11-19-31(26,27)8)14-15-25-20-22(2)30(6,7)28(33-9)23(25)3/h14-15,21-22,26-28,32H,3,10-13,16-20H2,1-2,4-9H3/b24-14+,25-15-/t21-,22+,26?,27?,28+,31-/m1/s1. The summed E-state index contributed by atoms with van der Waals surface area (Å²) in [6, 6.07) is 0. The van der Waals surface area contributed by atoms with E-state index in [0.717, 1.165) is 37.0 Å². The van der Waals surface area contributed by atoms with Crippen LogP contribution in [0.3, 0.4) is 0 Å². The Hall–Kier alpha value is -0.860. The molecule has 0 heterocycles. The first-order chi connectivity index (χ1) is 15.3. The van der Waals surface area contributed by atoms with Gasteiger partial charge in [-0.1, -0.05) is 71.8 Å². The molecule has 2 nitrogen and oxygen atoms in total. The fraction of sp³-hybridized carbons (Fsp3) is 0.806. The molecule has 3 aliphatic rings. The Labute approximate surface area is 205 Å². The highest BCUT2D eigenvalue weighted by Gasteiger charge is 2.50. The van der Waals surface area contributed by atoms with Crippen LogP contribution in [-0.4, -0.2) is 23.9 Å². The molecule has 3 rings (SSSR count). The molecule has 0 amide bonds. The van der Waals surface area contributed by atoms with E-state index in [4.69, 9.17) is 4.74 Å². The number of ether oxygens (including phenoxy) is 1. The summed E-state index contributed by atoms with van der Waals surface area (Å²) < 4.78 is 5.91. The summed E-state index contributed by atoms with van der Waals surface area (Å²) in [5.74, 6) is 2.86. The third-order valence-electron chi connectivity index (χ3n) is 10.1. The molecule has 2 unspecified atom stereocenters. The predicted octanol–water partition coefficient (Wildman–Crippen LogP) is 8.27. The van der Waals surface area contributed by atoms with Crippen LogP contribution >= 0.6 is 0 Å². The van der Waals surface area contributed by atoms with E-state index in [1.807, 2.05) is 21.0 Å². The first kappa shape index (κ1) is 26.7. The van der Waals surface area contributed by atoms with Crippen LogP contribution in [0.2, 0.25) is 0 Å². The first-order valence-electron chi connectivity index (χ1n) is 13.6. The molecule has 33 heavy (non-hydrogen) atoms. The third kappa shape index (κ3) is 5.53. The van der Waals surface area contributed by atoms with Gasteiger partial charge in [-0.25, -0.2) is 0 Å². The minimum atomic E-state index is -0.534. The highest BCUT2D eigenvalue weighted by Crippen LogP contribution is 2.60. The Kier molecular flexibility index (Phi) is 8.12. The number of aliphatic hydroxyl groups is 1. The largest absolute Gasteiger partial charge is 0.390 e. The number of allylic oxidation sites excluding steroid dienone is 3. The lowest BCUT2D eigenvalue weighted by Crippen LogP contribution is -2.42. The molecule has 0 aromatic heterocycles. The van der Waals surface area contributed by atoms with Gasteiger partial charge in [0.05, 0.1) is 11.7 Å². The molecule has 0 aromatic carbocycles. The van der Waals surface area contributed by atoms with Crippen molar-refractivity contribution in [2.75, 3.05) is 7.11 Å². The summed E-state index contributed by atoms with van der Waals surface area (Å²) in [6.45, 7) is 20.4. The van der Waals surface area contributed by atoms with Crippen molar-refractivity contribution in [2.45, 2.75) is 118 Å². The normalized spacial score (nSPS) is 38.0. The monoisotopic (exact) mass is 456 g/mol. The number of rotatable bonds is 7. The molecule has 2 heteroatoms. The Morgan fingerprint density at radius 1 is 1.21 bits per heavy atom. The van der Waals surface area contributed by atoms with Crippen LogP contribution in [0.4, 0.5) is 0 Å². The van der Waals surface area contributed by atoms with Gasteiger partial charge in [0.1, 0.15) is 0 Å². The maximum atomic E-state index is 10.1. The van der Waals surface area contributed by atoms with Gasteiger partial charge in [0.15, 0.2) is 0 Å². The first-order valence-corrected chi connectivity index (χ1v) is 13.6. The van der Waals surface area contributed by atoms with Crippen LogP contribution in [0.25, 0.3) is 0 Å². The molecule has 188 valence electrons. The molecule has 3 saturated carbocycles. The van der Waals surface area contributed by atoms with Crippen LogP contribution in [0, 0.1) is 34.5 Å². The smallest absolute Gasteiger partial charge is 0.0871 e. The fourth-order valence-electron chi connectivity index (χ4n) is 7.70. The topological polar surface area (TPSA) is 29.5 Å². The van der Waals surface area contributed by atoms with Crippen molar-refractivity contribution >= 4 is 0 Å². The van der Waals surface area contributed by atoms with Gasteiger partial charge < -0.3 is 9.84 Å². The maximum Gasteiger partial charge on any atom is 0.0871 e. The number of methoxy groups -OCH3 is 1. The maximum absolute atomic E-state index is 10.1. The molecule has 0 aromatic rings. The van der Waals surface area contributed by atoms with Gasteiger partial charge in [-0.3, -0.25) is 0 Å². The van der Waals surface area contributed by atoms with Gasteiger partial charge in [0.25, 0.3) is 0 Å². The van der Waals surface area contributed by atoms with E-state index in [-0.39, 0.29) is 11.5 Å². The van der Waals surface area contributed by atoms with Crippen molar-refractivity contribution in [3.05, 3.63) is 35.5 Å². The van der Waals surface area contributed by atoms with Gasteiger partial charge in [-0.15, -0.1) is 0 Å². The van der Waals surface area contributed by atoms with E-state index in [2.05, 4.69) is 53.3 Å². The van der Waals surface area contributed by atoms with Crippen molar-refractivity contribution < 1.29 is 9.84 Å². The second-order valence-corrected chi connectivity index (χ2v) is 13.3. The number of hydrogen-bond acceptors (Lipinski definition) is 2. The molecule has 6 atom stereocenters. The second-order valence-electron chi connectivity index (χ2n) is 13.3. The molecule has 1 N–H and O–H groups in total. The average molecular weight is 457 g/mol. The molecule has 0 saturated heterocycles. The quantitative estimate of drug-likeness (QED) is 0.417. The van der Waals surface area contributed by atoms with E-state index in [1.165, 1.54) is 49.7 Å². The summed E-state index contributed by atoms with van der Waals surface area (Å²) in [7, 11) is 1.83. The van der Waals surface area contributed by atoms with Gasteiger partial charge in [0.2, 0.25) is 0 Å². The van der Waals surface area contributed by atoms with E-state index in [9.17, 15) is 5.11 Å². The zero-order chi connectivity index (χ0) is 24.6. The van der Waals surface area contributed by atoms with Crippen molar-refractivity contribution in [1.29, 1.82) is 0 Å². The van der Waals surface area contributed by atoms with Crippen molar-refractivity contribution in [1.82, 2.24) is 0 Å². The Balaban J connectivity index is 1.74. The van der Waals surface area contributed by atoms with Gasteiger partial charge in [-0.2, -0.15) is 0 Å². The van der Waals surface area contributed by atoms with E-state index in [1.54, 1.807) is 5.57 Å². The Morgan fingerprint density at radius 2 is 1.91 bits per heavy atom. The van der Waals surface area contributed by atoms with Gasteiger partial charge in [-0.05, 0) is 104 Å². The number of fused-ring (bicyclic) bond motifs is 1. The van der Waals surface area contributed by atoms with Crippen molar-refractivity contribution in [3.8, 4) is 0 Å². The van der Waals surface area contributed by atoms with Crippen LogP contribution in [0.5, 0.6) is 0 Å². The van der Waals surface area contributed by atoms with Crippen LogP contribution in [0.1, 0.15) is 106 Å². The summed E-state index contributed by atoms with van der Waals surface area (Å²) in [6.07, 6.45) is 16.0. The number of hydrogen-bond donors (Lipinski definition) is 1. The molecule has 0 bridgehead atoms. The summed E-state index contributed by atoms with van der Waals surface area (Å²) in [4.78, 5) is 0. The zero-order valence-electron chi connectivity index (χ0n) is 23.0. The Bertz CT molecular complexity index is 764. The molecular weight excluding hydrogens is 404 g/mol. The van der Waals surface area contributed by atoms with Crippen molar-refractivity contribution in [2.24, 2.45) is 34.5 Å². The SMILES string of the molecule is C=C1/C(=C\C=C2/CCC[C@@]3(C)C2CCC3[C@H](C)CCCC(C)(C)O)C[C@H](C)C(C)(C)[C@H]1OC. The lowest BCUT2D eigenvalue weighted by Gasteiger charge is -2.45. The fourth-order valence-corrected chi connectivity index (χ4v) is 7.70. The lowest BCUT2D eigenvalue weighted by molar-refractivity contribution is -0.00720. The predicted molar refractivity (Wildman–Crippen MR) is 141 cm³/mol. The minimum absolute atomic E-state index is 0.100. The van der Waals surface area contributed by atoms with Crippen LogP contribution in [-0.2, 0) is 4.74 Å². The van der Waals surface area contributed by atoms with E-state index >= 15 is 0 Å². The van der Waals surface area contributed by atoms with E-state index in [0.29, 0.717) is 11.3 Å².